The van der Waals surface area contributed by atoms with Crippen molar-refractivity contribution in [2.45, 2.75) is 6.92 Å². The largest absolute Gasteiger partial charge is 0.371 e. The molecule has 1 aromatic rings. The van der Waals surface area contributed by atoms with Gasteiger partial charge in [0.05, 0.1) is 11.5 Å². The Morgan fingerprint density at radius 3 is 2.65 bits per heavy atom. The normalized spacial score (nSPS) is 9.82. The van der Waals surface area contributed by atoms with E-state index in [9.17, 15) is 14.9 Å². The van der Waals surface area contributed by atoms with Crippen molar-refractivity contribution in [2.75, 3.05) is 26.0 Å². The zero-order chi connectivity index (χ0) is 13.0. The van der Waals surface area contributed by atoms with Crippen LogP contribution in [0.4, 0.5) is 11.4 Å². The van der Waals surface area contributed by atoms with Gasteiger partial charge in [0.25, 0.3) is 5.69 Å². The molecule has 0 spiro atoms. The van der Waals surface area contributed by atoms with Gasteiger partial charge in [0.1, 0.15) is 5.69 Å². The van der Waals surface area contributed by atoms with E-state index in [1.165, 1.54) is 11.0 Å². The standard InChI is InChI=1S/C11H15N3O3/c1-8-4-5-9(10(6-8)14(16)17)12-7-11(15)13(2)3/h4-6,12H,7H2,1-3H3. The summed E-state index contributed by atoms with van der Waals surface area (Å²) in [6.45, 7) is 1.82. The van der Waals surface area contributed by atoms with E-state index in [4.69, 9.17) is 0 Å². The summed E-state index contributed by atoms with van der Waals surface area (Å²) >= 11 is 0. The maximum atomic E-state index is 11.4. The van der Waals surface area contributed by atoms with Crippen molar-refractivity contribution >= 4 is 17.3 Å². The molecule has 0 radical (unpaired) electrons. The molecule has 6 heteroatoms. The second-order valence-corrected chi connectivity index (χ2v) is 3.92. The highest BCUT2D eigenvalue weighted by atomic mass is 16.6. The van der Waals surface area contributed by atoms with Crippen LogP contribution in [0.2, 0.25) is 0 Å². The number of hydrogen-bond acceptors (Lipinski definition) is 4. The Morgan fingerprint density at radius 1 is 1.47 bits per heavy atom. The van der Waals surface area contributed by atoms with Crippen LogP contribution < -0.4 is 5.32 Å². The minimum absolute atomic E-state index is 0.0171. The van der Waals surface area contributed by atoms with Crippen LogP contribution in [0.15, 0.2) is 18.2 Å². The molecule has 0 saturated carbocycles. The molecule has 1 N–H and O–H groups in total. The number of hydrogen-bond donors (Lipinski definition) is 1. The van der Waals surface area contributed by atoms with E-state index >= 15 is 0 Å². The van der Waals surface area contributed by atoms with Crippen molar-refractivity contribution in [3.63, 3.8) is 0 Å². The van der Waals surface area contributed by atoms with Gasteiger partial charge in [0.2, 0.25) is 5.91 Å². The van der Waals surface area contributed by atoms with Gasteiger partial charge in [-0.25, -0.2) is 0 Å². The second-order valence-electron chi connectivity index (χ2n) is 3.92. The number of likely N-dealkylation sites (N-methyl/N-ethyl adjacent to an activating group) is 1. The number of nitrogens with one attached hydrogen (secondary N) is 1. The van der Waals surface area contributed by atoms with Crippen LogP contribution in [0.3, 0.4) is 0 Å². The fourth-order valence-electron chi connectivity index (χ4n) is 1.27. The van der Waals surface area contributed by atoms with Gasteiger partial charge >= 0.3 is 0 Å². The Hall–Kier alpha value is -2.11. The molecule has 0 fully saturated rings. The predicted octanol–water partition coefficient (Wildman–Crippen LogP) is 1.40. The number of benzene rings is 1. The monoisotopic (exact) mass is 237 g/mol. The molecule has 1 rings (SSSR count). The summed E-state index contributed by atoms with van der Waals surface area (Å²) in [5.41, 5.74) is 1.15. The SMILES string of the molecule is Cc1ccc(NCC(=O)N(C)C)c([N+](=O)[O-])c1. The van der Waals surface area contributed by atoms with Gasteiger partial charge < -0.3 is 10.2 Å². The first kappa shape index (κ1) is 13.0. The molecule has 0 aliphatic carbocycles. The lowest BCUT2D eigenvalue weighted by Gasteiger charge is -2.12. The third-order valence-electron chi connectivity index (χ3n) is 2.28. The molecular formula is C11H15N3O3. The Balaban J connectivity index is 2.84. The summed E-state index contributed by atoms with van der Waals surface area (Å²) in [4.78, 5) is 23.1. The molecule has 0 bridgehead atoms. The van der Waals surface area contributed by atoms with E-state index in [0.717, 1.165) is 5.56 Å². The molecule has 0 saturated heterocycles. The molecule has 17 heavy (non-hydrogen) atoms. The zero-order valence-electron chi connectivity index (χ0n) is 10.1. The molecule has 0 heterocycles. The maximum Gasteiger partial charge on any atom is 0.292 e. The zero-order valence-corrected chi connectivity index (χ0v) is 10.1. The number of nitrogens with zero attached hydrogens (tertiary/aromatic N) is 2. The van der Waals surface area contributed by atoms with Crippen LogP contribution in [0, 0.1) is 17.0 Å². The van der Waals surface area contributed by atoms with Crippen LogP contribution in [0.1, 0.15) is 5.56 Å². The third-order valence-corrected chi connectivity index (χ3v) is 2.28. The molecule has 0 unspecified atom stereocenters. The van der Waals surface area contributed by atoms with Gasteiger partial charge in [-0.15, -0.1) is 0 Å². The van der Waals surface area contributed by atoms with Crippen molar-refractivity contribution in [3.05, 3.63) is 33.9 Å². The highest BCUT2D eigenvalue weighted by molar-refractivity contribution is 5.81. The summed E-state index contributed by atoms with van der Waals surface area (Å²) in [6, 6.07) is 4.84. The molecule has 0 aromatic heterocycles. The van der Waals surface area contributed by atoms with Crippen LogP contribution in [-0.2, 0) is 4.79 Å². The number of rotatable bonds is 4. The van der Waals surface area contributed by atoms with E-state index in [-0.39, 0.29) is 18.1 Å². The van der Waals surface area contributed by atoms with Gasteiger partial charge in [-0.1, -0.05) is 6.07 Å². The Bertz CT molecular complexity index is 444. The predicted molar refractivity (Wildman–Crippen MR) is 65.0 cm³/mol. The molecule has 92 valence electrons. The summed E-state index contributed by atoms with van der Waals surface area (Å²) < 4.78 is 0. The highest BCUT2D eigenvalue weighted by Crippen LogP contribution is 2.24. The lowest BCUT2D eigenvalue weighted by molar-refractivity contribution is -0.384. The molecule has 1 aromatic carbocycles. The molecule has 6 nitrogen and oxygen atoms in total. The number of amides is 1. The third kappa shape index (κ3) is 3.44. The number of aryl methyl sites for hydroxylation is 1. The van der Waals surface area contributed by atoms with Gasteiger partial charge in [-0.05, 0) is 18.6 Å². The van der Waals surface area contributed by atoms with Gasteiger partial charge in [0.15, 0.2) is 0 Å². The highest BCUT2D eigenvalue weighted by Gasteiger charge is 2.14. The fourth-order valence-corrected chi connectivity index (χ4v) is 1.27. The average molecular weight is 237 g/mol. The number of nitro groups is 1. The lowest BCUT2D eigenvalue weighted by Crippen LogP contribution is -2.28. The minimum Gasteiger partial charge on any atom is -0.371 e. The van der Waals surface area contributed by atoms with Gasteiger partial charge in [0, 0.05) is 20.2 Å². The average Bonchev–Trinajstić information content (AvgIpc) is 2.26. The van der Waals surface area contributed by atoms with E-state index in [1.54, 1.807) is 33.2 Å². The summed E-state index contributed by atoms with van der Waals surface area (Å²) in [5, 5.41) is 13.6. The van der Waals surface area contributed by atoms with E-state index in [2.05, 4.69) is 5.32 Å². The first-order valence-corrected chi connectivity index (χ1v) is 5.11. The lowest BCUT2D eigenvalue weighted by atomic mass is 10.2. The summed E-state index contributed by atoms with van der Waals surface area (Å²) in [5.74, 6) is -0.139. The van der Waals surface area contributed by atoms with Crippen molar-refractivity contribution < 1.29 is 9.72 Å². The summed E-state index contributed by atoms with van der Waals surface area (Å²) in [7, 11) is 3.27. The van der Waals surface area contributed by atoms with Crippen molar-refractivity contribution in [2.24, 2.45) is 0 Å². The van der Waals surface area contributed by atoms with Gasteiger partial charge in [-0.3, -0.25) is 14.9 Å². The van der Waals surface area contributed by atoms with E-state index < -0.39 is 4.92 Å². The molecule has 0 atom stereocenters. The molecule has 0 aliphatic rings. The maximum absolute atomic E-state index is 11.4. The van der Waals surface area contributed by atoms with Crippen LogP contribution in [-0.4, -0.2) is 36.4 Å². The van der Waals surface area contributed by atoms with Gasteiger partial charge in [-0.2, -0.15) is 0 Å². The molecular weight excluding hydrogens is 222 g/mol. The number of carbonyl (C=O) groups excluding carboxylic acids is 1. The van der Waals surface area contributed by atoms with Crippen LogP contribution in [0.5, 0.6) is 0 Å². The quantitative estimate of drug-likeness (QED) is 0.634. The van der Waals surface area contributed by atoms with Crippen LogP contribution in [0.25, 0.3) is 0 Å². The van der Waals surface area contributed by atoms with Crippen molar-refractivity contribution in [3.8, 4) is 0 Å². The van der Waals surface area contributed by atoms with Crippen molar-refractivity contribution in [1.82, 2.24) is 4.90 Å². The topological polar surface area (TPSA) is 75.5 Å². The Morgan fingerprint density at radius 2 is 2.12 bits per heavy atom. The number of anilines is 1. The smallest absolute Gasteiger partial charge is 0.292 e. The summed E-state index contributed by atoms with van der Waals surface area (Å²) in [6.07, 6.45) is 0. The second kappa shape index (κ2) is 5.29. The minimum atomic E-state index is -0.463. The van der Waals surface area contributed by atoms with E-state index in [1.807, 2.05) is 0 Å². The Kier molecular flexibility index (Phi) is 4.03. The first-order valence-electron chi connectivity index (χ1n) is 5.11. The van der Waals surface area contributed by atoms with Crippen LogP contribution >= 0.6 is 0 Å². The van der Waals surface area contributed by atoms with Crippen molar-refractivity contribution in [1.29, 1.82) is 0 Å². The molecule has 1 amide bonds. The first-order chi connectivity index (χ1) is 7.91. The number of carbonyl (C=O) groups is 1. The molecule has 0 aliphatic heterocycles. The Labute approximate surface area is 99.4 Å². The van der Waals surface area contributed by atoms with E-state index in [0.29, 0.717) is 5.69 Å². The fraction of sp³-hybridized carbons (Fsp3) is 0.364. The number of nitro benzene ring substituents is 1.